The Morgan fingerprint density at radius 3 is 0.810 bits per heavy atom. The number of unbranched alkanes of at least 4 members (excludes halogenated alkanes) is 26. The summed E-state index contributed by atoms with van der Waals surface area (Å²) < 4.78 is 29.7. The predicted octanol–water partition coefficient (Wildman–Crippen LogP) is 12.1. The normalized spacial score (nSPS) is 11.7. The first kappa shape index (κ1) is 44.0. The minimum atomic E-state index is -4.16. The molecule has 0 aromatic carbocycles. The van der Waals surface area contributed by atoms with Crippen LogP contribution < -0.4 is 0 Å². The SMILES string of the molecule is CCCCCCCCCCCCCCCCN(CCC)CCCCCCCCCCCCCCCC.COS(=O)(=O)O. The molecule has 5 nitrogen and oxygen atoms in total. The molecule has 0 spiro atoms. The molecule has 0 bridgehead atoms. The zero-order valence-electron chi connectivity index (χ0n) is 29.2. The van der Waals surface area contributed by atoms with Gasteiger partial charge in [-0.05, 0) is 38.9 Å². The second-order valence-corrected chi connectivity index (χ2v) is 13.8. The van der Waals surface area contributed by atoms with Crippen LogP contribution in [0.25, 0.3) is 0 Å². The summed E-state index contributed by atoms with van der Waals surface area (Å²) >= 11 is 0. The average molecular weight is 620 g/mol. The van der Waals surface area contributed by atoms with Gasteiger partial charge in [0.05, 0.1) is 7.11 Å². The predicted molar refractivity (Wildman–Crippen MR) is 186 cm³/mol. The van der Waals surface area contributed by atoms with E-state index < -0.39 is 10.4 Å². The lowest BCUT2D eigenvalue weighted by atomic mass is 10.0. The van der Waals surface area contributed by atoms with Gasteiger partial charge in [0, 0.05) is 0 Å². The van der Waals surface area contributed by atoms with Crippen LogP contribution in [0.15, 0.2) is 0 Å². The second kappa shape index (κ2) is 37.0. The van der Waals surface area contributed by atoms with Gasteiger partial charge in [0.1, 0.15) is 0 Å². The van der Waals surface area contributed by atoms with E-state index in [0.717, 1.165) is 7.11 Å². The quantitative estimate of drug-likeness (QED) is 0.0584. The van der Waals surface area contributed by atoms with Gasteiger partial charge in [-0.25, -0.2) is 0 Å². The highest BCUT2D eigenvalue weighted by molar-refractivity contribution is 7.80. The molecule has 256 valence electrons. The van der Waals surface area contributed by atoms with Crippen molar-refractivity contribution in [3.63, 3.8) is 0 Å². The fourth-order valence-corrected chi connectivity index (χ4v) is 5.71. The lowest BCUT2D eigenvalue weighted by molar-refractivity contribution is 0.260. The van der Waals surface area contributed by atoms with Crippen LogP contribution in [-0.4, -0.2) is 44.6 Å². The van der Waals surface area contributed by atoms with Gasteiger partial charge in [-0.3, -0.25) is 8.74 Å². The van der Waals surface area contributed by atoms with Crippen LogP contribution >= 0.6 is 0 Å². The highest BCUT2D eigenvalue weighted by atomic mass is 32.3. The van der Waals surface area contributed by atoms with Crippen LogP contribution in [0, 0.1) is 0 Å². The molecule has 0 rings (SSSR count). The summed E-state index contributed by atoms with van der Waals surface area (Å²) in [6, 6.07) is 0. The van der Waals surface area contributed by atoms with Gasteiger partial charge in [-0.2, -0.15) is 8.42 Å². The molecule has 6 heteroatoms. The highest BCUT2D eigenvalue weighted by Crippen LogP contribution is 2.15. The van der Waals surface area contributed by atoms with Crippen LogP contribution in [0.5, 0.6) is 0 Å². The molecule has 0 atom stereocenters. The van der Waals surface area contributed by atoms with Crippen molar-refractivity contribution in [3.8, 4) is 0 Å². The highest BCUT2D eigenvalue weighted by Gasteiger charge is 2.04. The van der Waals surface area contributed by atoms with Gasteiger partial charge in [0.25, 0.3) is 0 Å². The summed E-state index contributed by atoms with van der Waals surface area (Å²) in [6.07, 6.45) is 42.2. The van der Waals surface area contributed by atoms with Crippen molar-refractivity contribution in [1.82, 2.24) is 4.90 Å². The Kier molecular flexibility index (Phi) is 38.7. The average Bonchev–Trinajstić information content (AvgIpc) is 2.97. The zero-order valence-corrected chi connectivity index (χ0v) is 30.0. The lowest BCUT2D eigenvalue weighted by Gasteiger charge is -2.21. The Bertz CT molecular complexity index is 553. The molecule has 0 fully saturated rings. The maximum absolute atomic E-state index is 9.33. The number of rotatable bonds is 33. The fourth-order valence-electron chi connectivity index (χ4n) is 5.71. The Labute approximate surface area is 265 Å². The second-order valence-electron chi connectivity index (χ2n) is 12.6. The van der Waals surface area contributed by atoms with Gasteiger partial charge in [0.15, 0.2) is 0 Å². The molecule has 0 saturated carbocycles. The zero-order chi connectivity index (χ0) is 31.4. The minimum Gasteiger partial charge on any atom is -0.303 e. The molecule has 0 aromatic rings. The molecule has 1 N–H and O–H groups in total. The molecule has 42 heavy (non-hydrogen) atoms. The molecule has 0 aliphatic rings. The van der Waals surface area contributed by atoms with Crippen molar-refractivity contribution in [2.24, 2.45) is 0 Å². The van der Waals surface area contributed by atoms with Crippen LogP contribution in [0.1, 0.15) is 207 Å². The molecule has 0 unspecified atom stereocenters. The van der Waals surface area contributed by atoms with Crippen molar-refractivity contribution >= 4 is 10.4 Å². The molecule has 0 aliphatic heterocycles. The number of hydrogen-bond donors (Lipinski definition) is 1. The third-order valence-corrected chi connectivity index (χ3v) is 8.83. The summed E-state index contributed by atoms with van der Waals surface area (Å²) in [7, 11) is -3.29. The monoisotopic (exact) mass is 620 g/mol. The van der Waals surface area contributed by atoms with Crippen molar-refractivity contribution < 1.29 is 17.2 Å². The topological polar surface area (TPSA) is 66.8 Å². The molecule has 0 aliphatic carbocycles. The van der Waals surface area contributed by atoms with Gasteiger partial charge < -0.3 is 4.90 Å². The first-order valence-corrected chi connectivity index (χ1v) is 20.0. The van der Waals surface area contributed by atoms with Gasteiger partial charge in [-0.15, -0.1) is 0 Å². The standard InChI is InChI=1S/C35H73N.CH4O4S/c1-4-7-9-11-13-15-17-19-21-23-25-27-29-31-34-36(33-6-3)35-32-30-28-26-24-22-20-18-16-14-12-10-8-5-2;1-5-6(2,3)4/h4-35H2,1-3H3;1H3,(H,2,3,4). The van der Waals surface area contributed by atoms with Crippen LogP contribution in [0.3, 0.4) is 0 Å². The van der Waals surface area contributed by atoms with Crippen LogP contribution in [0.4, 0.5) is 0 Å². The van der Waals surface area contributed by atoms with Crippen LogP contribution in [-0.2, 0) is 14.6 Å². The van der Waals surface area contributed by atoms with E-state index in [2.05, 4.69) is 29.9 Å². The Morgan fingerprint density at radius 2 is 0.619 bits per heavy atom. The van der Waals surface area contributed by atoms with E-state index in [4.69, 9.17) is 4.55 Å². The third-order valence-electron chi connectivity index (χ3n) is 8.41. The van der Waals surface area contributed by atoms with E-state index in [9.17, 15) is 8.42 Å². The summed E-state index contributed by atoms with van der Waals surface area (Å²) in [4.78, 5) is 2.76. The van der Waals surface area contributed by atoms with Gasteiger partial charge in [0.2, 0.25) is 0 Å². The Hall–Kier alpha value is -0.170. The number of nitrogens with zero attached hydrogens (tertiary/aromatic N) is 1. The minimum absolute atomic E-state index is 0.870. The van der Waals surface area contributed by atoms with Gasteiger partial charge >= 0.3 is 10.4 Å². The molecule has 0 aromatic heterocycles. The molecule has 0 heterocycles. The van der Waals surface area contributed by atoms with E-state index in [1.807, 2.05) is 0 Å². The van der Waals surface area contributed by atoms with Crippen molar-refractivity contribution in [3.05, 3.63) is 0 Å². The van der Waals surface area contributed by atoms with E-state index in [0.29, 0.717) is 0 Å². The van der Waals surface area contributed by atoms with Crippen molar-refractivity contribution in [1.29, 1.82) is 0 Å². The lowest BCUT2D eigenvalue weighted by Crippen LogP contribution is -2.27. The summed E-state index contributed by atoms with van der Waals surface area (Å²) in [5.41, 5.74) is 0. The first-order chi connectivity index (χ1) is 20.4. The van der Waals surface area contributed by atoms with E-state index >= 15 is 0 Å². The Morgan fingerprint density at radius 1 is 0.405 bits per heavy atom. The molecule has 0 amide bonds. The Balaban J connectivity index is 0. The van der Waals surface area contributed by atoms with Gasteiger partial charge in [-0.1, -0.05) is 188 Å². The third kappa shape index (κ3) is 42.0. The van der Waals surface area contributed by atoms with E-state index in [-0.39, 0.29) is 0 Å². The molecular weight excluding hydrogens is 542 g/mol. The smallest absolute Gasteiger partial charge is 0.303 e. The maximum atomic E-state index is 9.33. The first-order valence-electron chi connectivity index (χ1n) is 18.7. The van der Waals surface area contributed by atoms with Crippen molar-refractivity contribution in [2.75, 3.05) is 26.7 Å². The van der Waals surface area contributed by atoms with E-state index in [1.165, 1.54) is 206 Å². The summed E-state index contributed by atoms with van der Waals surface area (Å²) in [6.45, 7) is 11.0. The van der Waals surface area contributed by atoms with E-state index in [1.54, 1.807) is 0 Å². The number of hydrogen-bond acceptors (Lipinski definition) is 4. The molecule has 0 saturated heterocycles. The maximum Gasteiger partial charge on any atom is 0.397 e. The van der Waals surface area contributed by atoms with Crippen LogP contribution in [0.2, 0.25) is 0 Å². The molecule has 0 radical (unpaired) electrons. The largest absolute Gasteiger partial charge is 0.397 e. The van der Waals surface area contributed by atoms with Crippen molar-refractivity contribution in [2.45, 2.75) is 207 Å². The fraction of sp³-hybridized carbons (Fsp3) is 1.00. The molecular formula is C36H77NO4S. The summed E-state index contributed by atoms with van der Waals surface area (Å²) in [5.74, 6) is 0. The summed E-state index contributed by atoms with van der Waals surface area (Å²) in [5, 5.41) is 0.